The summed E-state index contributed by atoms with van der Waals surface area (Å²) in [6.07, 6.45) is -1.31. The molecule has 0 radical (unpaired) electrons. The van der Waals surface area contributed by atoms with Gasteiger partial charge in [-0.25, -0.2) is 0 Å². The van der Waals surface area contributed by atoms with E-state index in [1.54, 1.807) is 18.0 Å². The number of likely N-dealkylation sites (N-methyl/N-ethyl adjacent to an activating group) is 1. The first-order chi connectivity index (χ1) is 12.7. The smallest absolute Gasteiger partial charge is 0.271 e. The van der Waals surface area contributed by atoms with Crippen LogP contribution in [0.1, 0.15) is 38.0 Å². The number of ether oxygens (including phenoxy) is 1. The molecule has 0 spiro atoms. The van der Waals surface area contributed by atoms with Gasteiger partial charge >= 0.3 is 0 Å². The monoisotopic (exact) mass is 406 g/mol. The average Bonchev–Trinajstić information content (AvgIpc) is 2.70. The van der Waals surface area contributed by atoms with Crippen LogP contribution < -0.4 is 10.2 Å². The van der Waals surface area contributed by atoms with E-state index in [4.69, 9.17) is 27.9 Å². The zero-order chi connectivity index (χ0) is 19.8. The summed E-state index contributed by atoms with van der Waals surface area (Å²) in [6.45, 7) is 6.85. The second-order valence-corrected chi connectivity index (χ2v) is 8.74. The molecule has 6 heteroatoms. The van der Waals surface area contributed by atoms with Gasteiger partial charge in [-0.05, 0) is 36.7 Å². The van der Waals surface area contributed by atoms with Crippen molar-refractivity contribution in [2.24, 2.45) is 5.41 Å². The lowest BCUT2D eigenvalue weighted by molar-refractivity contribution is -0.134. The minimum absolute atomic E-state index is 0.0882. The van der Waals surface area contributed by atoms with Crippen molar-refractivity contribution in [2.75, 3.05) is 18.5 Å². The Labute approximate surface area is 170 Å². The Hall–Kier alpha value is -1.59. The van der Waals surface area contributed by atoms with E-state index in [0.29, 0.717) is 16.6 Å². The predicted molar refractivity (Wildman–Crippen MR) is 110 cm³/mol. The molecule has 0 aliphatic carbocycles. The quantitative estimate of drug-likeness (QED) is 0.775. The summed E-state index contributed by atoms with van der Waals surface area (Å²) < 4.78 is 6.22. The maximum Gasteiger partial charge on any atom is 0.271 e. The Morgan fingerprint density at radius 3 is 2.44 bits per heavy atom. The molecule has 1 aliphatic heterocycles. The highest BCUT2D eigenvalue weighted by atomic mass is 35.5. The zero-order valence-corrected chi connectivity index (χ0v) is 17.4. The van der Waals surface area contributed by atoms with Crippen LogP contribution in [0.25, 0.3) is 0 Å². The maximum atomic E-state index is 13.2. The molecule has 4 nitrogen and oxygen atoms in total. The standard InChI is InChI=1S/C21H24Cl2N2O2/c1-21(2,3)12-25-17-10-9-13(22)11-15(17)18(27-19(24-4)20(25)26)14-7-5-6-8-16(14)23/h5-11,18-19,24H,12H2,1-4H3. The summed E-state index contributed by atoms with van der Waals surface area (Å²) in [5, 5.41) is 4.16. The van der Waals surface area contributed by atoms with Crippen LogP contribution in [0.4, 0.5) is 5.69 Å². The molecule has 0 fully saturated rings. The third kappa shape index (κ3) is 4.30. The molecule has 0 saturated carbocycles. The number of carbonyl (C=O) groups excluding carboxylic acids is 1. The van der Waals surface area contributed by atoms with Crippen LogP contribution in [0.2, 0.25) is 10.0 Å². The molecule has 144 valence electrons. The Morgan fingerprint density at radius 1 is 1.11 bits per heavy atom. The van der Waals surface area contributed by atoms with Crippen molar-refractivity contribution in [3.63, 3.8) is 0 Å². The summed E-state index contributed by atoms with van der Waals surface area (Å²) in [5.74, 6) is -0.134. The molecule has 2 atom stereocenters. The molecule has 27 heavy (non-hydrogen) atoms. The minimum Gasteiger partial charge on any atom is -0.341 e. The fourth-order valence-corrected chi connectivity index (χ4v) is 3.68. The van der Waals surface area contributed by atoms with E-state index < -0.39 is 12.3 Å². The summed E-state index contributed by atoms with van der Waals surface area (Å²) in [4.78, 5) is 15.0. The number of hydrogen-bond donors (Lipinski definition) is 1. The third-order valence-corrected chi connectivity index (χ3v) is 4.99. The lowest BCUT2D eigenvalue weighted by Crippen LogP contribution is -2.48. The van der Waals surface area contributed by atoms with Gasteiger partial charge in [0.05, 0.1) is 5.69 Å². The van der Waals surface area contributed by atoms with Crippen LogP contribution in [-0.4, -0.2) is 25.7 Å². The van der Waals surface area contributed by atoms with Crippen LogP contribution in [0.5, 0.6) is 0 Å². The van der Waals surface area contributed by atoms with Crippen molar-refractivity contribution in [3.8, 4) is 0 Å². The van der Waals surface area contributed by atoms with Crippen molar-refractivity contribution < 1.29 is 9.53 Å². The van der Waals surface area contributed by atoms with Gasteiger partial charge in [-0.3, -0.25) is 10.1 Å². The largest absolute Gasteiger partial charge is 0.341 e. The molecule has 1 aliphatic rings. The van der Waals surface area contributed by atoms with Crippen molar-refractivity contribution in [1.29, 1.82) is 0 Å². The van der Waals surface area contributed by atoms with Crippen molar-refractivity contribution in [1.82, 2.24) is 5.32 Å². The summed E-state index contributed by atoms with van der Waals surface area (Å²) in [5.41, 5.74) is 2.33. The van der Waals surface area contributed by atoms with Gasteiger partial charge in [0.1, 0.15) is 6.10 Å². The van der Waals surface area contributed by atoms with Gasteiger partial charge in [0.25, 0.3) is 5.91 Å². The van der Waals surface area contributed by atoms with Gasteiger partial charge in [0.15, 0.2) is 6.23 Å². The SMILES string of the molecule is CNC1OC(c2ccccc2Cl)c2cc(Cl)ccc2N(CC(C)(C)C)C1=O. The molecule has 2 unspecified atom stereocenters. The molecule has 0 aromatic heterocycles. The van der Waals surface area contributed by atoms with E-state index in [1.165, 1.54) is 0 Å². The molecule has 3 rings (SSSR count). The highest BCUT2D eigenvalue weighted by molar-refractivity contribution is 6.31. The van der Waals surface area contributed by atoms with Crippen molar-refractivity contribution in [2.45, 2.75) is 33.1 Å². The fourth-order valence-electron chi connectivity index (χ4n) is 3.27. The molecule has 0 bridgehead atoms. The lowest BCUT2D eigenvalue weighted by atomic mass is 9.94. The van der Waals surface area contributed by atoms with Gasteiger partial charge in [-0.2, -0.15) is 0 Å². The van der Waals surface area contributed by atoms with Crippen molar-refractivity contribution in [3.05, 3.63) is 63.6 Å². The van der Waals surface area contributed by atoms with Crippen molar-refractivity contribution >= 4 is 34.8 Å². The Morgan fingerprint density at radius 2 is 1.81 bits per heavy atom. The Kier molecular flexibility index (Phi) is 5.82. The van der Waals surface area contributed by atoms with E-state index in [9.17, 15) is 4.79 Å². The molecular formula is C21H24Cl2N2O2. The molecule has 2 aromatic rings. The molecule has 0 saturated heterocycles. The number of amides is 1. The van der Waals surface area contributed by atoms with Gasteiger partial charge in [-0.1, -0.05) is 62.2 Å². The van der Waals surface area contributed by atoms with Gasteiger partial charge in [-0.15, -0.1) is 0 Å². The number of carbonyl (C=O) groups is 1. The maximum absolute atomic E-state index is 13.2. The number of halogens is 2. The third-order valence-electron chi connectivity index (χ3n) is 4.41. The molecule has 1 amide bonds. The van der Waals surface area contributed by atoms with E-state index in [-0.39, 0.29) is 11.3 Å². The topological polar surface area (TPSA) is 41.6 Å². The second kappa shape index (κ2) is 7.80. The van der Waals surface area contributed by atoms with Gasteiger partial charge < -0.3 is 9.64 Å². The van der Waals surface area contributed by atoms with E-state index in [1.807, 2.05) is 36.4 Å². The summed E-state index contributed by atoms with van der Waals surface area (Å²) in [7, 11) is 1.71. The van der Waals surface area contributed by atoms with E-state index in [2.05, 4.69) is 26.1 Å². The zero-order valence-electron chi connectivity index (χ0n) is 15.9. The number of rotatable bonds is 3. The predicted octanol–water partition coefficient (Wildman–Crippen LogP) is 5.04. The lowest BCUT2D eigenvalue weighted by Gasteiger charge is -2.31. The first-order valence-electron chi connectivity index (χ1n) is 8.89. The average molecular weight is 407 g/mol. The number of benzene rings is 2. The number of nitrogens with zero attached hydrogens (tertiary/aromatic N) is 1. The van der Waals surface area contributed by atoms with Crippen LogP contribution in [0.3, 0.4) is 0 Å². The second-order valence-electron chi connectivity index (χ2n) is 7.89. The number of nitrogens with one attached hydrogen (secondary N) is 1. The Balaban J connectivity index is 2.21. The number of fused-ring (bicyclic) bond motifs is 1. The molecule has 1 heterocycles. The van der Waals surface area contributed by atoms with Crippen LogP contribution in [-0.2, 0) is 9.53 Å². The van der Waals surface area contributed by atoms with Crippen LogP contribution in [0, 0.1) is 5.41 Å². The Bertz CT molecular complexity index is 848. The highest BCUT2D eigenvalue weighted by Crippen LogP contribution is 2.41. The van der Waals surface area contributed by atoms with E-state index >= 15 is 0 Å². The number of hydrogen-bond acceptors (Lipinski definition) is 3. The van der Waals surface area contributed by atoms with Crippen LogP contribution >= 0.6 is 23.2 Å². The van der Waals surface area contributed by atoms with Gasteiger partial charge in [0.2, 0.25) is 0 Å². The molecule has 1 N–H and O–H groups in total. The fraction of sp³-hybridized carbons (Fsp3) is 0.381. The molecule has 2 aromatic carbocycles. The summed E-state index contributed by atoms with van der Waals surface area (Å²) in [6, 6.07) is 13.0. The highest BCUT2D eigenvalue weighted by Gasteiger charge is 2.37. The number of anilines is 1. The summed E-state index contributed by atoms with van der Waals surface area (Å²) >= 11 is 12.8. The normalized spacial score (nSPS) is 20.4. The van der Waals surface area contributed by atoms with Crippen LogP contribution in [0.15, 0.2) is 42.5 Å². The first kappa shape index (κ1) is 20.2. The van der Waals surface area contributed by atoms with Gasteiger partial charge in [0, 0.05) is 27.7 Å². The molecular weight excluding hydrogens is 383 g/mol. The first-order valence-corrected chi connectivity index (χ1v) is 9.65. The van der Waals surface area contributed by atoms with E-state index in [0.717, 1.165) is 16.8 Å². The minimum atomic E-state index is -0.792.